The number of carbonyl (C=O) groups excluding carboxylic acids is 3. The van der Waals surface area contributed by atoms with Crippen LogP contribution in [0.15, 0.2) is 47.4 Å². The Kier molecular flexibility index (Phi) is 6.04. The summed E-state index contributed by atoms with van der Waals surface area (Å²) in [6.07, 6.45) is 1.91. The van der Waals surface area contributed by atoms with Gasteiger partial charge in [0.05, 0.1) is 11.6 Å². The molecule has 3 aliphatic rings. The number of hydrogen-bond donors (Lipinski definition) is 5. The van der Waals surface area contributed by atoms with Crippen LogP contribution in [0, 0.1) is 11.8 Å². The van der Waals surface area contributed by atoms with Gasteiger partial charge < -0.3 is 31.1 Å². The fourth-order valence-corrected chi connectivity index (χ4v) is 6.32. The number of hydrogen-bond acceptors (Lipinski definition) is 10. The van der Waals surface area contributed by atoms with E-state index in [4.69, 9.17) is 5.73 Å². The van der Waals surface area contributed by atoms with Gasteiger partial charge in [0.1, 0.15) is 28.7 Å². The van der Waals surface area contributed by atoms with Crippen LogP contribution in [0.2, 0.25) is 0 Å². The van der Waals surface area contributed by atoms with Crippen molar-refractivity contribution in [3.63, 3.8) is 0 Å². The number of carbonyl (C=O) groups is 3. The highest BCUT2D eigenvalue weighted by Crippen LogP contribution is 2.53. The number of Topliss-reactive ketones (excluding diaryl/α,β-unsaturated/α-hetero) is 2. The Morgan fingerprint density at radius 3 is 2.33 bits per heavy atom. The Morgan fingerprint density at radius 2 is 1.77 bits per heavy atom. The average Bonchev–Trinajstić information content (AvgIpc) is 2.86. The van der Waals surface area contributed by atoms with Gasteiger partial charge in [0, 0.05) is 37.3 Å². The molecule has 11 heteroatoms. The number of aromatic nitrogens is 1. The molecule has 4 atom stereocenters. The van der Waals surface area contributed by atoms with E-state index in [0.29, 0.717) is 11.1 Å². The first-order chi connectivity index (χ1) is 18.3. The molecule has 0 unspecified atom stereocenters. The van der Waals surface area contributed by atoms with Crippen LogP contribution in [0.3, 0.4) is 0 Å². The molecule has 1 heterocycles. The van der Waals surface area contributed by atoms with E-state index in [9.17, 15) is 34.8 Å². The number of primary amides is 1. The highest BCUT2D eigenvalue weighted by atomic mass is 16.3. The molecule has 0 radical (unpaired) electrons. The second kappa shape index (κ2) is 8.92. The van der Waals surface area contributed by atoms with Gasteiger partial charge in [0.2, 0.25) is 5.78 Å². The second-order valence-corrected chi connectivity index (χ2v) is 10.7. The molecule has 1 fully saturated rings. The van der Waals surface area contributed by atoms with Gasteiger partial charge in [-0.15, -0.1) is 0 Å². The lowest BCUT2D eigenvalue weighted by atomic mass is 9.57. The van der Waals surface area contributed by atoms with Crippen LogP contribution in [-0.2, 0) is 20.8 Å². The maximum absolute atomic E-state index is 13.9. The van der Waals surface area contributed by atoms with E-state index in [1.807, 2.05) is 31.1 Å². The zero-order valence-electron chi connectivity index (χ0n) is 22.0. The molecular formula is C28H30N4O7. The summed E-state index contributed by atoms with van der Waals surface area (Å²) in [7, 11) is 6.86. The smallest absolute Gasteiger partial charge is 0.255 e. The number of aliphatic hydroxyl groups excluding tert-OH is 2. The maximum Gasteiger partial charge on any atom is 0.255 e. The van der Waals surface area contributed by atoms with Crippen LogP contribution in [0.5, 0.6) is 5.75 Å². The number of nitrogens with two attached hydrogens (primary N) is 1. The standard InChI is InChI=1S/C28H30N4O7/c1-31(2)18-8-5-12(11-30-18)14-6-7-17(33)20-15(14)9-13-10-16-22(32(3)4)24(35)21(27(29)38)26(37)28(16,39)25(36)19(13)23(20)34/h5-8,11,13,16,22,33-34,37,39H,9-10H2,1-4H3,(H2,29,38)/t13-,16-,22-,28-/m0/s1. The van der Waals surface area contributed by atoms with Gasteiger partial charge in [0.15, 0.2) is 11.4 Å². The van der Waals surface area contributed by atoms with Crippen molar-refractivity contribution in [1.29, 1.82) is 0 Å². The largest absolute Gasteiger partial charge is 0.508 e. The number of nitrogens with zero attached hydrogens (tertiary/aromatic N) is 3. The molecular weight excluding hydrogens is 504 g/mol. The summed E-state index contributed by atoms with van der Waals surface area (Å²) >= 11 is 0. The Morgan fingerprint density at radius 1 is 1.08 bits per heavy atom. The number of aromatic hydroxyl groups is 1. The topological polar surface area (TPSA) is 178 Å². The van der Waals surface area contributed by atoms with Gasteiger partial charge >= 0.3 is 0 Å². The van der Waals surface area contributed by atoms with Gasteiger partial charge in [-0.25, -0.2) is 4.98 Å². The summed E-state index contributed by atoms with van der Waals surface area (Å²) in [6, 6.07) is 5.68. The third-order valence-electron chi connectivity index (χ3n) is 8.12. The third kappa shape index (κ3) is 3.64. The predicted molar refractivity (Wildman–Crippen MR) is 142 cm³/mol. The summed E-state index contributed by atoms with van der Waals surface area (Å²) in [5.74, 6) is -6.02. The SMILES string of the molecule is CN(C)c1ccc(-c2ccc(O)c3c2C[C@H]2C[C@H]4[C@H](N(C)C)C(=O)C(C(N)=O)=C(O)[C@@]4(O)C(=O)C2=C3O)cn1. The molecule has 3 aliphatic carbocycles. The fourth-order valence-electron chi connectivity index (χ4n) is 6.32. The van der Waals surface area contributed by atoms with E-state index >= 15 is 0 Å². The summed E-state index contributed by atoms with van der Waals surface area (Å²) < 4.78 is 0. The Labute approximate surface area is 224 Å². The maximum atomic E-state index is 13.9. The lowest BCUT2D eigenvalue weighted by Gasteiger charge is -2.50. The number of pyridine rings is 1. The van der Waals surface area contributed by atoms with Crippen molar-refractivity contribution in [2.24, 2.45) is 17.6 Å². The first-order valence-electron chi connectivity index (χ1n) is 12.4. The van der Waals surface area contributed by atoms with Crippen molar-refractivity contribution in [3.05, 3.63) is 58.5 Å². The van der Waals surface area contributed by atoms with E-state index in [1.54, 1.807) is 26.4 Å². The molecule has 1 amide bonds. The van der Waals surface area contributed by atoms with E-state index in [-0.39, 0.29) is 29.7 Å². The number of amides is 1. The molecule has 2 aromatic rings. The van der Waals surface area contributed by atoms with E-state index in [1.165, 1.54) is 11.0 Å². The summed E-state index contributed by atoms with van der Waals surface area (Å²) in [5.41, 5.74) is 3.73. The summed E-state index contributed by atoms with van der Waals surface area (Å²) in [6.45, 7) is 0. The molecule has 5 rings (SSSR count). The Hall–Kier alpha value is -4.22. The molecule has 204 valence electrons. The summed E-state index contributed by atoms with van der Waals surface area (Å²) in [4.78, 5) is 47.0. The highest BCUT2D eigenvalue weighted by Gasteiger charge is 2.64. The van der Waals surface area contributed by atoms with Crippen molar-refractivity contribution < 1.29 is 34.8 Å². The molecule has 1 saturated carbocycles. The van der Waals surface area contributed by atoms with Gasteiger partial charge in [-0.1, -0.05) is 6.07 Å². The minimum atomic E-state index is -2.66. The molecule has 0 bridgehead atoms. The van der Waals surface area contributed by atoms with Gasteiger partial charge in [-0.05, 0) is 62.2 Å². The van der Waals surface area contributed by atoms with Crippen molar-refractivity contribution in [1.82, 2.24) is 9.88 Å². The normalized spacial score (nSPS) is 26.4. The van der Waals surface area contributed by atoms with Gasteiger partial charge in [0.25, 0.3) is 5.91 Å². The predicted octanol–water partition coefficient (Wildman–Crippen LogP) is 1.09. The number of phenolic OH excluding ortho intramolecular Hbond substituents is 1. The second-order valence-electron chi connectivity index (χ2n) is 10.7. The average molecular weight is 535 g/mol. The zero-order chi connectivity index (χ0) is 28.5. The van der Waals surface area contributed by atoms with Crippen LogP contribution in [0.4, 0.5) is 5.82 Å². The third-order valence-corrected chi connectivity index (χ3v) is 8.12. The molecule has 1 aromatic carbocycles. The minimum Gasteiger partial charge on any atom is -0.508 e. The molecule has 0 spiro atoms. The van der Waals surface area contributed by atoms with Crippen LogP contribution >= 0.6 is 0 Å². The number of fused-ring (bicyclic) bond motifs is 3. The number of anilines is 1. The van der Waals surface area contributed by atoms with Crippen LogP contribution in [0.25, 0.3) is 16.9 Å². The number of rotatable bonds is 4. The molecule has 0 aliphatic heterocycles. The molecule has 0 saturated heterocycles. The van der Waals surface area contributed by atoms with E-state index in [2.05, 4.69) is 4.98 Å². The Bertz CT molecular complexity index is 1490. The number of phenols is 1. The number of ketones is 2. The first-order valence-corrected chi connectivity index (χ1v) is 12.4. The van der Waals surface area contributed by atoms with Gasteiger partial charge in [-0.2, -0.15) is 0 Å². The van der Waals surface area contributed by atoms with E-state index in [0.717, 1.165) is 11.4 Å². The molecule has 11 nitrogen and oxygen atoms in total. The zero-order valence-corrected chi connectivity index (χ0v) is 22.0. The lowest BCUT2D eigenvalue weighted by molar-refractivity contribution is -0.153. The van der Waals surface area contributed by atoms with E-state index < -0.39 is 58.0 Å². The number of aliphatic hydroxyl groups is 3. The highest BCUT2D eigenvalue weighted by molar-refractivity contribution is 6.24. The quantitative estimate of drug-likeness (QED) is 0.357. The van der Waals surface area contributed by atoms with Crippen LogP contribution in [0.1, 0.15) is 17.5 Å². The van der Waals surface area contributed by atoms with Gasteiger partial charge in [-0.3, -0.25) is 19.3 Å². The van der Waals surface area contributed by atoms with Crippen molar-refractivity contribution in [2.75, 3.05) is 33.1 Å². The lowest BCUT2D eigenvalue weighted by Crippen LogP contribution is -2.65. The van der Waals surface area contributed by atoms with Crippen molar-refractivity contribution in [2.45, 2.75) is 24.5 Å². The summed E-state index contributed by atoms with van der Waals surface area (Å²) in [5, 5.41) is 44.7. The molecule has 39 heavy (non-hydrogen) atoms. The minimum absolute atomic E-state index is 0.0265. The first kappa shape index (κ1) is 26.4. The monoisotopic (exact) mass is 534 g/mol. The van der Waals surface area contributed by atoms with Crippen molar-refractivity contribution >= 4 is 29.1 Å². The Balaban J connectivity index is 1.70. The van der Waals surface area contributed by atoms with Crippen LogP contribution in [-0.4, -0.2) is 87.6 Å². The van der Waals surface area contributed by atoms with Crippen molar-refractivity contribution in [3.8, 4) is 16.9 Å². The molecule has 1 aromatic heterocycles. The van der Waals surface area contributed by atoms with Crippen LogP contribution < -0.4 is 10.6 Å². The fraction of sp³-hybridized carbons (Fsp3) is 0.357. The number of likely N-dealkylation sites (N-methyl/N-ethyl adjacent to an activating group) is 1. The molecule has 6 N–H and O–H groups in total. The number of benzene rings is 1.